The molecule has 0 amide bonds. The van der Waals surface area contributed by atoms with Gasteiger partial charge in [-0.2, -0.15) is 0 Å². The van der Waals surface area contributed by atoms with Gasteiger partial charge in [-0.25, -0.2) is 0 Å². The second-order valence-corrected chi connectivity index (χ2v) is 10.1. The molecular formula is C33H35N. The summed E-state index contributed by atoms with van der Waals surface area (Å²) >= 11 is 0. The molecule has 34 heavy (non-hydrogen) atoms. The minimum absolute atomic E-state index is 0.128. The summed E-state index contributed by atoms with van der Waals surface area (Å²) in [7, 11) is 0. The predicted octanol–water partition coefficient (Wildman–Crippen LogP) is 9.33. The van der Waals surface area contributed by atoms with Gasteiger partial charge >= 0.3 is 0 Å². The molecule has 172 valence electrons. The van der Waals surface area contributed by atoms with Crippen molar-refractivity contribution in [3.63, 3.8) is 0 Å². The van der Waals surface area contributed by atoms with Gasteiger partial charge in [-0.05, 0) is 81.1 Å². The van der Waals surface area contributed by atoms with Crippen LogP contribution in [0.5, 0.6) is 0 Å². The summed E-state index contributed by atoms with van der Waals surface area (Å²) in [6.07, 6.45) is 6.41. The third-order valence-electron chi connectivity index (χ3n) is 7.57. The van der Waals surface area contributed by atoms with E-state index in [0.29, 0.717) is 0 Å². The predicted molar refractivity (Wildman–Crippen MR) is 146 cm³/mol. The molecule has 1 nitrogen and oxygen atoms in total. The summed E-state index contributed by atoms with van der Waals surface area (Å²) < 4.78 is 0. The van der Waals surface area contributed by atoms with Crippen molar-refractivity contribution >= 4 is 17.1 Å². The quantitative estimate of drug-likeness (QED) is 0.296. The van der Waals surface area contributed by atoms with Gasteiger partial charge in [0.1, 0.15) is 0 Å². The number of nitrogens with zero attached hydrogens (tertiary/aromatic N) is 1. The molecule has 0 saturated heterocycles. The van der Waals surface area contributed by atoms with Crippen LogP contribution in [0.2, 0.25) is 0 Å². The van der Waals surface area contributed by atoms with Gasteiger partial charge < -0.3 is 4.90 Å². The number of rotatable bonds is 5. The molecule has 4 aromatic carbocycles. The second-order valence-electron chi connectivity index (χ2n) is 10.1. The summed E-state index contributed by atoms with van der Waals surface area (Å²) in [5.74, 6) is 0. The maximum atomic E-state index is 2.38. The molecule has 1 fully saturated rings. The van der Waals surface area contributed by atoms with Crippen molar-refractivity contribution in [1.82, 2.24) is 0 Å². The number of hydrogen-bond acceptors (Lipinski definition) is 1. The Labute approximate surface area is 205 Å². The van der Waals surface area contributed by atoms with Crippen molar-refractivity contribution < 1.29 is 0 Å². The molecule has 1 heteroatoms. The fourth-order valence-electron chi connectivity index (χ4n) is 5.54. The SMILES string of the molecule is Cc1ccc(N(c2ccc(C)cc2)c2ccc(C3(c4ccc(C)cc4)CCCCC3)cc2)cc1. The van der Waals surface area contributed by atoms with Crippen LogP contribution < -0.4 is 4.90 Å². The zero-order valence-corrected chi connectivity index (χ0v) is 20.7. The standard InChI is InChI=1S/C33H35N/c1-25-7-13-28(14-8-25)33(23-5-4-6-24-33)29-15-21-32(22-16-29)34(30-17-9-26(2)10-18-30)31-19-11-27(3)12-20-31/h7-22H,4-6,23-24H2,1-3H3. The van der Waals surface area contributed by atoms with Crippen molar-refractivity contribution in [1.29, 1.82) is 0 Å². The van der Waals surface area contributed by atoms with Gasteiger partial charge in [0.05, 0.1) is 0 Å². The molecule has 1 saturated carbocycles. The number of benzene rings is 4. The van der Waals surface area contributed by atoms with E-state index in [-0.39, 0.29) is 5.41 Å². The van der Waals surface area contributed by atoms with Gasteiger partial charge in [0, 0.05) is 22.5 Å². The zero-order chi connectivity index (χ0) is 23.5. The van der Waals surface area contributed by atoms with Crippen LogP contribution in [-0.4, -0.2) is 0 Å². The molecule has 5 rings (SSSR count). The largest absolute Gasteiger partial charge is 0.311 e. The van der Waals surface area contributed by atoms with Gasteiger partial charge in [-0.15, -0.1) is 0 Å². The van der Waals surface area contributed by atoms with Crippen molar-refractivity contribution in [3.05, 3.63) is 125 Å². The van der Waals surface area contributed by atoms with Gasteiger partial charge in [-0.1, -0.05) is 96.6 Å². The van der Waals surface area contributed by atoms with Crippen LogP contribution in [0.4, 0.5) is 17.1 Å². The molecule has 0 aliphatic heterocycles. The summed E-state index contributed by atoms with van der Waals surface area (Å²) in [4.78, 5) is 2.36. The Morgan fingerprint density at radius 3 is 1.18 bits per heavy atom. The van der Waals surface area contributed by atoms with Crippen LogP contribution in [0.1, 0.15) is 59.9 Å². The lowest BCUT2D eigenvalue weighted by Crippen LogP contribution is -2.30. The molecule has 0 bridgehead atoms. The lowest BCUT2D eigenvalue weighted by Gasteiger charge is -2.39. The maximum absolute atomic E-state index is 2.38. The highest BCUT2D eigenvalue weighted by molar-refractivity contribution is 5.76. The smallest absolute Gasteiger partial charge is 0.0461 e. The average molecular weight is 446 g/mol. The van der Waals surface area contributed by atoms with Crippen LogP contribution >= 0.6 is 0 Å². The molecule has 0 N–H and O–H groups in total. The molecular weight excluding hydrogens is 410 g/mol. The Balaban J connectivity index is 1.56. The molecule has 0 atom stereocenters. The molecule has 0 aromatic heterocycles. The Hall–Kier alpha value is -3.32. The molecule has 0 spiro atoms. The van der Waals surface area contributed by atoms with E-state index in [1.54, 1.807) is 0 Å². The number of hydrogen-bond donors (Lipinski definition) is 0. The van der Waals surface area contributed by atoms with E-state index in [0.717, 1.165) is 0 Å². The first kappa shape index (κ1) is 22.5. The first-order valence-corrected chi connectivity index (χ1v) is 12.7. The van der Waals surface area contributed by atoms with E-state index < -0.39 is 0 Å². The van der Waals surface area contributed by atoms with E-state index in [2.05, 4.69) is 123 Å². The summed E-state index contributed by atoms with van der Waals surface area (Å²) in [5, 5.41) is 0. The minimum Gasteiger partial charge on any atom is -0.311 e. The Bertz CT molecular complexity index is 1160. The van der Waals surface area contributed by atoms with E-state index >= 15 is 0 Å². The van der Waals surface area contributed by atoms with Crippen molar-refractivity contribution in [2.45, 2.75) is 58.3 Å². The van der Waals surface area contributed by atoms with E-state index in [9.17, 15) is 0 Å². The Morgan fingerprint density at radius 2 is 0.765 bits per heavy atom. The van der Waals surface area contributed by atoms with Gasteiger partial charge in [-0.3, -0.25) is 0 Å². The first-order valence-electron chi connectivity index (χ1n) is 12.7. The summed E-state index contributed by atoms with van der Waals surface area (Å²) in [5.41, 5.74) is 10.5. The third-order valence-corrected chi connectivity index (χ3v) is 7.57. The van der Waals surface area contributed by atoms with Crippen molar-refractivity contribution in [2.24, 2.45) is 0 Å². The highest BCUT2D eigenvalue weighted by atomic mass is 15.1. The fourth-order valence-corrected chi connectivity index (χ4v) is 5.54. The van der Waals surface area contributed by atoms with Gasteiger partial charge in [0.2, 0.25) is 0 Å². The summed E-state index contributed by atoms with van der Waals surface area (Å²) in [6.45, 7) is 6.46. The average Bonchev–Trinajstić information content (AvgIpc) is 2.88. The van der Waals surface area contributed by atoms with Crippen molar-refractivity contribution in [3.8, 4) is 0 Å². The third kappa shape index (κ3) is 4.40. The molecule has 1 aliphatic carbocycles. The molecule has 0 radical (unpaired) electrons. The van der Waals surface area contributed by atoms with Crippen LogP contribution in [0.3, 0.4) is 0 Å². The molecule has 0 unspecified atom stereocenters. The lowest BCUT2D eigenvalue weighted by atomic mass is 9.65. The monoisotopic (exact) mass is 445 g/mol. The zero-order valence-electron chi connectivity index (χ0n) is 20.7. The Morgan fingerprint density at radius 1 is 0.441 bits per heavy atom. The van der Waals surface area contributed by atoms with Crippen LogP contribution in [0.25, 0.3) is 0 Å². The Kier molecular flexibility index (Phi) is 6.28. The summed E-state index contributed by atoms with van der Waals surface area (Å²) in [6, 6.07) is 36.3. The van der Waals surface area contributed by atoms with Gasteiger partial charge in [0.15, 0.2) is 0 Å². The van der Waals surface area contributed by atoms with Crippen LogP contribution in [0.15, 0.2) is 97.1 Å². The van der Waals surface area contributed by atoms with Crippen molar-refractivity contribution in [2.75, 3.05) is 4.90 Å². The molecule has 4 aromatic rings. The highest BCUT2D eigenvalue weighted by Gasteiger charge is 2.35. The van der Waals surface area contributed by atoms with E-state index in [1.165, 1.54) is 77.0 Å². The maximum Gasteiger partial charge on any atom is 0.0461 e. The van der Waals surface area contributed by atoms with E-state index in [4.69, 9.17) is 0 Å². The normalized spacial score (nSPS) is 15.1. The number of aryl methyl sites for hydroxylation is 3. The van der Waals surface area contributed by atoms with Crippen LogP contribution in [-0.2, 0) is 5.41 Å². The van der Waals surface area contributed by atoms with Crippen LogP contribution in [0, 0.1) is 20.8 Å². The lowest BCUT2D eigenvalue weighted by molar-refractivity contribution is 0.346. The molecule has 1 aliphatic rings. The first-order chi connectivity index (χ1) is 16.5. The molecule has 0 heterocycles. The fraction of sp³-hybridized carbons (Fsp3) is 0.273. The topological polar surface area (TPSA) is 3.24 Å². The van der Waals surface area contributed by atoms with Gasteiger partial charge in [0.25, 0.3) is 0 Å². The number of anilines is 3. The minimum atomic E-state index is 0.128. The second kappa shape index (κ2) is 9.50. The highest BCUT2D eigenvalue weighted by Crippen LogP contribution is 2.46. The van der Waals surface area contributed by atoms with E-state index in [1.807, 2.05) is 0 Å².